The van der Waals surface area contributed by atoms with Crippen LogP contribution in [0.4, 0.5) is 17.1 Å². The van der Waals surface area contributed by atoms with E-state index in [9.17, 15) is 0 Å². The Labute approximate surface area is 306 Å². The first-order chi connectivity index (χ1) is 25.6. The first-order valence-corrected chi connectivity index (χ1v) is 18.2. The molecule has 246 valence electrons. The van der Waals surface area contributed by atoms with Gasteiger partial charge >= 0.3 is 0 Å². The maximum Gasteiger partial charge on any atom is 0.0726 e. The van der Waals surface area contributed by atoms with Crippen molar-refractivity contribution in [1.82, 2.24) is 0 Å². The molecule has 0 radical (unpaired) electrons. The largest absolute Gasteiger partial charge is 0.310 e. The fourth-order valence-electron chi connectivity index (χ4n) is 8.85. The molecule has 10 rings (SSSR count). The van der Waals surface area contributed by atoms with Crippen LogP contribution in [-0.2, 0) is 5.41 Å². The minimum atomic E-state index is -0.398. The zero-order chi connectivity index (χ0) is 34.8. The average Bonchev–Trinajstić information content (AvgIpc) is 3.66. The summed E-state index contributed by atoms with van der Waals surface area (Å²) in [7, 11) is 0. The van der Waals surface area contributed by atoms with Crippen LogP contribution in [0, 0.1) is 13.8 Å². The summed E-state index contributed by atoms with van der Waals surface area (Å²) in [5.41, 5.74) is 21.1. The number of benzene rings is 8. The van der Waals surface area contributed by atoms with Crippen LogP contribution in [0.5, 0.6) is 0 Å². The predicted molar refractivity (Wildman–Crippen MR) is 218 cm³/mol. The predicted octanol–water partition coefficient (Wildman–Crippen LogP) is 13.5. The summed E-state index contributed by atoms with van der Waals surface area (Å²) in [5, 5.41) is 0. The van der Waals surface area contributed by atoms with Gasteiger partial charge in [0, 0.05) is 17.1 Å². The van der Waals surface area contributed by atoms with E-state index in [1.807, 2.05) is 0 Å². The van der Waals surface area contributed by atoms with Crippen molar-refractivity contribution in [3.8, 4) is 44.5 Å². The van der Waals surface area contributed by atoms with Crippen LogP contribution in [0.1, 0.15) is 33.4 Å². The molecule has 52 heavy (non-hydrogen) atoms. The molecule has 8 aromatic carbocycles. The number of nitrogens with zero attached hydrogens (tertiary/aromatic N) is 1. The van der Waals surface area contributed by atoms with Crippen molar-refractivity contribution >= 4 is 17.1 Å². The lowest BCUT2D eigenvalue weighted by molar-refractivity contribution is 0.793. The second-order valence-corrected chi connectivity index (χ2v) is 14.3. The topological polar surface area (TPSA) is 3.24 Å². The lowest BCUT2D eigenvalue weighted by Gasteiger charge is -2.32. The highest BCUT2D eigenvalue weighted by Gasteiger charge is 2.51. The van der Waals surface area contributed by atoms with Crippen molar-refractivity contribution in [2.24, 2.45) is 0 Å². The Kier molecular flexibility index (Phi) is 6.91. The number of rotatable bonds is 5. The zero-order valence-electron chi connectivity index (χ0n) is 29.3. The summed E-state index contributed by atoms with van der Waals surface area (Å²) in [6, 6.07) is 69.8. The first-order valence-electron chi connectivity index (χ1n) is 18.2. The van der Waals surface area contributed by atoms with Gasteiger partial charge < -0.3 is 4.90 Å². The Balaban J connectivity index is 1.17. The average molecular weight is 664 g/mol. The van der Waals surface area contributed by atoms with Crippen LogP contribution in [-0.4, -0.2) is 0 Å². The van der Waals surface area contributed by atoms with Crippen molar-refractivity contribution in [2.45, 2.75) is 19.3 Å². The molecule has 1 heteroatoms. The van der Waals surface area contributed by atoms with Crippen molar-refractivity contribution in [3.63, 3.8) is 0 Å². The summed E-state index contributed by atoms with van der Waals surface area (Å²) in [6.07, 6.45) is 0. The molecule has 0 saturated heterocycles. The van der Waals surface area contributed by atoms with Gasteiger partial charge in [0.25, 0.3) is 0 Å². The van der Waals surface area contributed by atoms with Gasteiger partial charge in [-0.1, -0.05) is 163 Å². The van der Waals surface area contributed by atoms with Gasteiger partial charge in [0.15, 0.2) is 0 Å². The van der Waals surface area contributed by atoms with Gasteiger partial charge in [0.2, 0.25) is 0 Å². The van der Waals surface area contributed by atoms with E-state index >= 15 is 0 Å². The highest BCUT2D eigenvalue weighted by Crippen LogP contribution is 2.63. The molecular formula is C51H37N. The Morgan fingerprint density at radius 2 is 0.750 bits per heavy atom. The van der Waals surface area contributed by atoms with Gasteiger partial charge in [-0.2, -0.15) is 0 Å². The summed E-state index contributed by atoms with van der Waals surface area (Å²) >= 11 is 0. The maximum absolute atomic E-state index is 2.47. The third kappa shape index (κ3) is 4.56. The third-order valence-corrected chi connectivity index (χ3v) is 11.2. The van der Waals surface area contributed by atoms with E-state index in [1.165, 1.54) is 77.9 Å². The number of anilines is 3. The monoisotopic (exact) mass is 663 g/mol. The number of hydrogen-bond donors (Lipinski definition) is 0. The second-order valence-electron chi connectivity index (χ2n) is 14.3. The molecule has 0 fully saturated rings. The molecule has 0 aliphatic heterocycles. The second kappa shape index (κ2) is 11.8. The number of fused-ring (bicyclic) bond motifs is 10. The smallest absolute Gasteiger partial charge is 0.0726 e. The Bertz CT molecular complexity index is 2560. The number of hydrogen-bond acceptors (Lipinski definition) is 1. The van der Waals surface area contributed by atoms with Crippen LogP contribution in [0.15, 0.2) is 188 Å². The van der Waals surface area contributed by atoms with Crippen LogP contribution in [0.3, 0.4) is 0 Å². The molecule has 0 unspecified atom stereocenters. The van der Waals surface area contributed by atoms with Crippen molar-refractivity contribution in [2.75, 3.05) is 4.90 Å². The Morgan fingerprint density at radius 1 is 0.308 bits per heavy atom. The Hall–Kier alpha value is -6.44. The summed E-state index contributed by atoms with van der Waals surface area (Å²) < 4.78 is 0. The number of aryl methyl sites for hydroxylation is 2. The van der Waals surface area contributed by atoms with Gasteiger partial charge in [-0.3, -0.25) is 0 Å². The molecule has 2 aliphatic carbocycles. The van der Waals surface area contributed by atoms with Crippen LogP contribution in [0.25, 0.3) is 44.5 Å². The fraction of sp³-hybridized carbons (Fsp3) is 0.0588. The molecule has 0 amide bonds. The minimum Gasteiger partial charge on any atom is -0.310 e. The molecule has 0 N–H and O–H groups in total. The molecule has 8 aromatic rings. The zero-order valence-corrected chi connectivity index (χ0v) is 29.3. The summed E-state index contributed by atoms with van der Waals surface area (Å²) in [5.74, 6) is 0. The fourth-order valence-corrected chi connectivity index (χ4v) is 8.85. The third-order valence-electron chi connectivity index (χ3n) is 11.2. The lowest BCUT2D eigenvalue weighted by Crippen LogP contribution is -2.26. The van der Waals surface area contributed by atoms with E-state index in [-0.39, 0.29) is 0 Å². The van der Waals surface area contributed by atoms with Gasteiger partial charge in [0.05, 0.1) is 5.41 Å². The van der Waals surface area contributed by atoms with Gasteiger partial charge in [-0.15, -0.1) is 0 Å². The molecule has 1 spiro atoms. The van der Waals surface area contributed by atoms with Gasteiger partial charge in [-0.05, 0) is 117 Å². The van der Waals surface area contributed by atoms with E-state index in [0.29, 0.717) is 0 Å². The molecule has 0 heterocycles. The molecule has 0 saturated carbocycles. The maximum atomic E-state index is 2.47. The Morgan fingerprint density at radius 3 is 1.27 bits per heavy atom. The minimum absolute atomic E-state index is 0.398. The SMILES string of the molecule is Cc1ccc(-c2ccc(N(c3ccc(-c4cccc(C)c4)cc3)c3ccc4c(c3)C3(c5ccccc5-c5ccccc53)c3ccccc3-4)cc2)cc1. The van der Waals surface area contributed by atoms with Crippen molar-refractivity contribution < 1.29 is 0 Å². The van der Waals surface area contributed by atoms with E-state index in [4.69, 9.17) is 0 Å². The van der Waals surface area contributed by atoms with E-state index in [0.717, 1.165) is 17.1 Å². The molecule has 0 bridgehead atoms. The summed E-state index contributed by atoms with van der Waals surface area (Å²) in [6.45, 7) is 4.29. The van der Waals surface area contributed by atoms with Crippen LogP contribution >= 0.6 is 0 Å². The van der Waals surface area contributed by atoms with Crippen LogP contribution < -0.4 is 4.90 Å². The van der Waals surface area contributed by atoms with E-state index < -0.39 is 5.41 Å². The van der Waals surface area contributed by atoms with E-state index in [1.54, 1.807) is 0 Å². The molecule has 0 aromatic heterocycles. The molecule has 0 atom stereocenters. The molecule has 2 aliphatic rings. The normalized spacial score (nSPS) is 13.0. The molecule has 1 nitrogen and oxygen atoms in total. The summed E-state index contributed by atoms with van der Waals surface area (Å²) in [4.78, 5) is 2.42. The highest BCUT2D eigenvalue weighted by atomic mass is 15.1. The highest BCUT2D eigenvalue weighted by molar-refractivity contribution is 5.96. The van der Waals surface area contributed by atoms with E-state index in [2.05, 4.69) is 207 Å². The molecular weight excluding hydrogens is 627 g/mol. The van der Waals surface area contributed by atoms with Gasteiger partial charge in [0.1, 0.15) is 0 Å². The quantitative estimate of drug-likeness (QED) is 0.177. The standard InChI is InChI=1S/C51H37N/c1-34-18-20-36(21-19-34)37-22-26-40(27-23-37)52(41-28-24-38(25-29-41)39-11-9-10-35(2)32-39)42-30-31-46-45-14-5-8-17-49(45)51(50(46)33-42)47-15-6-3-12-43(47)44-13-4-7-16-48(44)51/h3-33H,1-2H3. The lowest BCUT2D eigenvalue weighted by atomic mass is 9.70. The van der Waals surface area contributed by atoms with Crippen molar-refractivity contribution in [3.05, 3.63) is 221 Å². The van der Waals surface area contributed by atoms with Gasteiger partial charge in [-0.25, -0.2) is 0 Å². The van der Waals surface area contributed by atoms with Crippen LogP contribution in [0.2, 0.25) is 0 Å². The van der Waals surface area contributed by atoms with Crippen molar-refractivity contribution in [1.29, 1.82) is 0 Å². The first kappa shape index (κ1) is 30.4.